The second-order valence-corrected chi connectivity index (χ2v) is 5.60. The van der Waals surface area contributed by atoms with Crippen molar-refractivity contribution in [3.05, 3.63) is 33.5 Å². The molecule has 3 rings (SSSR count). The molecule has 0 aromatic carbocycles. The number of ether oxygens (including phenoxy) is 1. The van der Waals surface area contributed by atoms with E-state index >= 15 is 0 Å². The van der Waals surface area contributed by atoms with Crippen molar-refractivity contribution in [1.82, 2.24) is 0 Å². The van der Waals surface area contributed by atoms with Crippen LogP contribution < -0.4 is 0 Å². The second kappa shape index (κ2) is 3.75. The topological polar surface area (TPSA) is 9.23 Å². The van der Waals surface area contributed by atoms with Crippen LogP contribution >= 0.6 is 11.8 Å². The lowest BCUT2D eigenvalue weighted by molar-refractivity contribution is 0.254. The summed E-state index contributed by atoms with van der Waals surface area (Å²) in [6.45, 7) is 2.32. The third kappa shape index (κ3) is 1.65. The summed E-state index contributed by atoms with van der Waals surface area (Å²) >= 11 is 1.95. The molecule has 0 N–H and O–H groups in total. The molecule has 3 aliphatic rings. The van der Waals surface area contributed by atoms with Gasteiger partial charge in [-0.25, -0.2) is 0 Å². The summed E-state index contributed by atoms with van der Waals surface area (Å²) in [5.41, 5.74) is 0. The molecule has 1 heterocycles. The van der Waals surface area contributed by atoms with E-state index in [1.165, 1.54) is 34.2 Å². The summed E-state index contributed by atoms with van der Waals surface area (Å²) in [5, 5.41) is 0. The summed E-state index contributed by atoms with van der Waals surface area (Å²) < 4.78 is 6.05. The first kappa shape index (κ1) is 9.59. The largest absolute Gasteiger partial charge is 0.464 e. The van der Waals surface area contributed by atoms with Gasteiger partial charge in [-0.1, -0.05) is 24.8 Å². The monoisotopic (exact) mass is 220 g/mol. The van der Waals surface area contributed by atoms with Crippen LogP contribution in [0.2, 0.25) is 0 Å². The minimum atomic E-state index is 0.697. The Kier molecular flexibility index (Phi) is 2.39. The van der Waals surface area contributed by atoms with E-state index in [9.17, 15) is 0 Å². The number of rotatable bonds is 0. The summed E-state index contributed by atoms with van der Waals surface area (Å²) in [6.07, 6.45) is 10.5. The van der Waals surface area contributed by atoms with Crippen molar-refractivity contribution in [3.63, 3.8) is 0 Å². The first-order chi connectivity index (χ1) is 7.34. The minimum absolute atomic E-state index is 0.697. The summed E-state index contributed by atoms with van der Waals surface area (Å²) in [6, 6.07) is 0. The molecule has 0 aromatic heterocycles. The lowest BCUT2D eigenvalue weighted by Crippen LogP contribution is -2.14. The van der Waals surface area contributed by atoms with Crippen LogP contribution in [0.15, 0.2) is 33.5 Å². The van der Waals surface area contributed by atoms with Crippen molar-refractivity contribution in [2.45, 2.75) is 39.0 Å². The fraction of sp³-hybridized carbons (Fsp3) is 0.538. The minimum Gasteiger partial charge on any atom is -0.464 e. The fourth-order valence-corrected chi connectivity index (χ4v) is 3.67. The third-order valence-corrected chi connectivity index (χ3v) is 4.75. The fourth-order valence-electron chi connectivity index (χ4n) is 2.44. The molecule has 1 unspecified atom stereocenters. The van der Waals surface area contributed by atoms with Crippen LogP contribution in [0.4, 0.5) is 0 Å². The quantitative estimate of drug-likeness (QED) is 0.600. The third-order valence-electron chi connectivity index (χ3n) is 3.31. The average Bonchev–Trinajstić information content (AvgIpc) is 2.27. The summed E-state index contributed by atoms with van der Waals surface area (Å²) in [5.74, 6) is 3.19. The highest BCUT2D eigenvalue weighted by atomic mass is 32.2. The van der Waals surface area contributed by atoms with Gasteiger partial charge in [-0.2, -0.15) is 0 Å². The van der Waals surface area contributed by atoms with E-state index in [0.717, 1.165) is 19.3 Å². The molecule has 80 valence electrons. The van der Waals surface area contributed by atoms with E-state index < -0.39 is 0 Å². The maximum atomic E-state index is 6.05. The van der Waals surface area contributed by atoms with Gasteiger partial charge < -0.3 is 4.74 Å². The van der Waals surface area contributed by atoms with Crippen molar-refractivity contribution in [2.24, 2.45) is 5.92 Å². The number of thioether (sulfide) groups is 1. The molecule has 0 amide bonds. The van der Waals surface area contributed by atoms with Gasteiger partial charge in [0.1, 0.15) is 11.5 Å². The predicted octanol–water partition coefficient (Wildman–Crippen LogP) is 4.34. The van der Waals surface area contributed by atoms with Crippen LogP contribution in [0.1, 0.15) is 39.0 Å². The molecule has 2 heteroatoms. The molecule has 2 aliphatic carbocycles. The van der Waals surface area contributed by atoms with Crippen LogP contribution in [0.3, 0.4) is 0 Å². The standard InChI is InChI=1S/C13H16OS/c1-9-5-4-7-11-13(9)15-12-8-3-2-6-10(12)14-11/h3,8-9H,2,4-7H2,1H3. The maximum Gasteiger partial charge on any atom is 0.118 e. The molecule has 0 saturated carbocycles. The Bertz CT molecular complexity index is 376. The van der Waals surface area contributed by atoms with Gasteiger partial charge in [-0.05, 0) is 31.3 Å². The van der Waals surface area contributed by atoms with E-state index in [2.05, 4.69) is 19.1 Å². The smallest absolute Gasteiger partial charge is 0.118 e. The Balaban J connectivity index is 1.91. The van der Waals surface area contributed by atoms with E-state index in [1.54, 1.807) is 0 Å². The zero-order chi connectivity index (χ0) is 10.3. The van der Waals surface area contributed by atoms with Crippen molar-refractivity contribution in [1.29, 1.82) is 0 Å². The van der Waals surface area contributed by atoms with Gasteiger partial charge >= 0.3 is 0 Å². The zero-order valence-corrected chi connectivity index (χ0v) is 9.90. The number of hydrogen-bond donors (Lipinski definition) is 0. The molecular weight excluding hydrogens is 204 g/mol. The lowest BCUT2D eigenvalue weighted by Gasteiger charge is -2.31. The number of hydrogen-bond acceptors (Lipinski definition) is 2. The van der Waals surface area contributed by atoms with Gasteiger partial charge in [-0.3, -0.25) is 0 Å². The predicted molar refractivity (Wildman–Crippen MR) is 64.1 cm³/mol. The van der Waals surface area contributed by atoms with Crippen LogP contribution in [0, 0.1) is 5.92 Å². The Morgan fingerprint density at radius 1 is 1.33 bits per heavy atom. The van der Waals surface area contributed by atoms with E-state index in [4.69, 9.17) is 4.74 Å². The van der Waals surface area contributed by atoms with Crippen LogP contribution in [-0.2, 0) is 4.74 Å². The molecular formula is C13H16OS. The molecule has 0 fully saturated rings. The van der Waals surface area contributed by atoms with Crippen molar-refractivity contribution in [2.75, 3.05) is 0 Å². The van der Waals surface area contributed by atoms with Crippen molar-refractivity contribution < 1.29 is 4.74 Å². The lowest BCUT2D eigenvalue weighted by atomic mass is 9.96. The molecule has 15 heavy (non-hydrogen) atoms. The Morgan fingerprint density at radius 3 is 3.20 bits per heavy atom. The van der Waals surface area contributed by atoms with Crippen LogP contribution in [-0.4, -0.2) is 0 Å². The first-order valence-electron chi connectivity index (χ1n) is 5.83. The van der Waals surface area contributed by atoms with E-state index in [0.29, 0.717) is 5.92 Å². The Morgan fingerprint density at radius 2 is 2.27 bits per heavy atom. The van der Waals surface area contributed by atoms with Gasteiger partial charge in [0.2, 0.25) is 0 Å². The molecule has 1 nitrogen and oxygen atoms in total. The summed E-state index contributed by atoms with van der Waals surface area (Å²) in [4.78, 5) is 2.85. The van der Waals surface area contributed by atoms with E-state index in [-0.39, 0.29) is 0 Å². The SMILES string of the molecule is CC1CCCC2=C1SC1=C(CCC=C1)O2. The Labute approximate surface area is 95.3 Å². The first-order valence-corrected chi connectivity index (χ1v) is 6.64. The van der Waals surface area contributed by atoms with Crippen LogP contribution in [0.5, 0.6) is 0 Å². The van der Waals surface area contributed by atoms with Gasteiger partial charge in [0.25, 0.3) is 0 Å². The van der Waals surface area contributed by atoms with Gasteiger partial charge in [0.05, 0.1) is 4.91 Å². The van der Waals surface area contributed by atoms with Crippen molar-refractivity contribution in [3.8, 4) is 0 Å². The highest BCUT2D eigenvalue weighted by molar-refractivity contribution is 8.07. The van der Waals surface area contributed by atoms with Crippen LogP contribution in [0.25, 0.3) is 0 Å². The maximum absolute atomic E-state index is 6.05. The second-order valence-electron chi connectivity index (χ2n) is 4.51. The molecule has 0 spiro atoms. The Hall–Kier alpha value is -0.630. The normalized spacial score (nSPS) is 29.8. The molecule has 0 saturated heterocycles. The molecule has 0 bridgehead atoms. The zero-order valence-electron chi connectivity index (χ0n) is 9.08. The van der Waals surface area contributed by atoms with Crippen molar-refractivity contribution >= 4 is 11.8 Å². The average molecular weight is 220 g/mol. The molecule has 1 aliphatic heterocycles. The van der Waals surface area contributed by atoms with E-state index in [1.807, 2.05) is 11.8 Å². The molecule has 0 aromatic rings. The molecule has 0 radical (unpaired) electrons. The van der Waals surface area contributed by atoms with Gasteiger partial charge in [-0.15, -0.1) is 0 Å². The highest BCUT2D eigenvalue weighted by Crippen LogP contribution is 2.48. The van der Waals surface area contributed by atoms with Gasteiger partial charge in [0, 0.05) is 17.7 Å². The molecule has 1 atom stereocenters. The van der Waals surface area contributed by atoms with Gasteiger partial charge in [0.15, 0.2) is 0 Å². The highest BCUT2D eigenvalue weighted by Gasteiger charge is 2.28. The number of allylic oxidation sites excluding steroid dienone is 5. The summed E-state index contributed by atoms with van der Waals surface area (Å²) in [7, 11) is 0.